The van der Waals surface area contributed by atoms with Crippen molar-refractivity contribution in [2.45, 2.75) is 45.3 Å². The van der Waals surface area contributed by atoms with Crippen LogP contribution in [0.5, 0.6) is 0 Å². The molecule has 94 valence electrons. The second kappa shape index (κ2) is 6.07. The van der Waals surface area contributed by atoms with Crippen molar-refractivity contribution in [1.82, 2.24) is 20.2 Å². The third-order valence-electron chi connectivity index (χ3n) is 3.47. The van der Waals surface area contributed by atoms with Crippen LogP contribution >= 0.6 is 0 Å². The highest BCUT2D eigenvalue weighted by Crippen LogP contribution is 2.13. The van der Waals surface area contributed by atoms with Crippen LogP contribution in [0.2, 0.25) is 0 Å². The summed E-state index contributed by atoms with van der Waals surface area (Å²) < 4.78 is 0. The predicted octanol–water partition coefficient (Wildman–Crippen LogP) is 1.44. The monoisotopic (exact) mass is 234 g/mol. The fraction of sp³-hybridized carbons (Fsp3) is 0.692. The van der Waals surface area contributed by atoms with E-state index in [1.165, 1.54) is 31.5 Å². The standard InChI is InChI=1S/C13H22N4/c1-11(2)17-5-3-13(4-6-17)16-9-12-7-14-10-15-8-12/h7-8,10-11,13,16H,3-6,9H2,1-2H3. The van der Waals surface area contributed by atoms with Gasteiger partial charge in [-0.3, -0.25) is 0 Å². The van der Waals surface area contributed by atoms with Gasteiger partial charge in [0.1, 0.15) is 6.33 Å². The molecule has 17 heavy (non-hydrogen) atoms. The van der Waals surface area contributed by atoms with E-state index in [0.29, 0.717) is 12.1 Å². The zero-order valence-electron chi connectivity index (χ0n) is 10.8. The van der Waals surface area contributed by atoms with Crippen molar-refractivity contribution in [2.24, 2.45) is 0 Å². The Bertz CT molecular complexity index is 317. The topological polar surface area (TPSA) is 41.0 Å². The van der Waals surface area contributed by atoms with Gasteiger partial charge in [-0.25, -0.2) is 9.97 Å². The Morgan fingerprint density at radius 2 is 1.94 bits per heavy atom. The number of aromatic nitrogens is 2. The van der Waals surface area contributed by atoms with Gasteiger partial charge in [-0.1, -0.05) is 0 Å². The van der Waals surface area contributed by atoms with Gasteiger partial charge in [-0.05, 0) is 39.8 Å². The summed E-state index contributed by atoms with van der Waals surface area (Å²) in [5.41, 5.74) is 1.17. The minimum absolute atomic E-state index is 0.644. The van der Waals surface area contributed by atoms with Crippen LogP contribution in [0.1, 0.15) is 32.3 Å². The molecule has 1 aromatic rings. The lowest BCUT2D eigenvalue weighted by atomic mass is 10.0. The van der Waals surface area contributed by atoms with Crippen molar-refractivity contribution in [1.29, 1.82) is 0 Å². The molecule has 0 atom stereocenters. The van der Waals surface area contributed by atoms with Crippen LogP contribution in [-0.4, -0.2) is 40.0 Å². The summed E-state index contributed by atoms with van der Waals surface area (Å²) >= 11 is 0. The fourth-order valence-corrected chi connectivity index (χ4v) is 2.30. The van der Waals surface area contributed by atoms with Gasteiger partial charge in [0.2, 0.25) is 0 Å². The number of hydrogen-bond acceptors (Lipinski definition) is 4. The Hall–Kier alpha value is -1.00. The van der Waals surface area contributed by atoms with Gasteiger partial charge in [-0.15, -0.1) is 0 Å². The summed E-state index contributed by atoms with van der Waals surface area (Å²) in [7, 11) is 0. The first kappa shape index (κ1) is 12.5. The van der Waals surface area contributed by atoms with Crippen LogP contribution in [0.25, 0.3) is 0 Å². The molecule has 1 N–H and O–H groups in total. The van der Waals surface area contributed by atoms with E-state index < -0.39 is 0 Å². The van der Waals surface area contributed by atoms with E-state index in [1.807, 2.05) is 12.4 Å². The van der Waals surface area contributed by atoms with Gasteiger partial charge in [0, 0.05) is 36.6 Å². The first-order valence-corrected chi connectivity index (χ1v) is 6.47. The third-order valence-corrected chi connectivity index (χ3v) is 3.47. The molecule has 0 spiro atoms. The summed E-state index contributed by atoms with van der Waals surface area (Å²) in [6, 6.07) is 1.32. The van der Waals surface area contributed by atoms with Gasteiger partial charge < -0.3 is 10.2 Å². The second-order valence-electron chi connectivity index (χ2n) is 5.03. The van der Waals surface area contributed by atoms with Crippen LogP contribution in [-0.2, 0) is 6.54 Å². The molecule has 0 amide bonds. The van der Waals surface area contributed by atoms with Crippen LogP contribution in [0.15, 0.2) is 18.7 Å². The Kier molecular flexibility index (Phi) is 4.45. The third kappa shape index (κ3) is 3.75. The highest BCUT2D eigenvalue weighted by Gasteiger charge is 2.20. The smallest absolute Gasteiger partial charge is 0.115 e. The van der Waals surface area contributed by atoms with E-state index in [4.69, 9.17) is 0 Å². The second-order valence-corrected chi connectivity index (χ2v) is 5.03. The van der Waals surface area contributed by atoms with Gasteiger partial charge in [0.25, 0.3) is 0 Å². The van der Waals surface area contributed by atoms with Crippen molar-refractivity contribution in [2.75, 3.05) is 13.1 Å². The van der Waals surface area contributed by atoms with Gasteiger partial charge in [0.15, 0.2) is 0 Å². The zero-order valence-corrected chi connectivity index (χ0v) is 10.8. The van der Waals surface area contributed by atoms with Crippen molar-refractivity contribution in [3.63, 3.8) is 0 Å². The number of hydrogen-bond donors (Lipinski definition) is 1. The average Bonchev–Trinajstić information content (AvgIpc) is 2.38. The molecule has 4 heteroatoms. The maximum atomic E-state index is 4.02. The van der Waals surface area contributed by atoms with Gasteiger partial charge >= 0.3 is 0 Å². The summed E-state index contributed by atoms with van der Waals surface area (Å²) in [4.78, 5) is 10.6. The maximum absolute atomic E-state index is 4.02. The number of piperidine rings is 1. The summed E-state index contributed by atoms with van der Waals surface area (Å²) in [6.07, 6.45) is 7.81. The van der Waals surface area contributed by atoms with Crippen LogP contribution in [0.3, 0.4) is 0 Å². The maximum Gasteiger partial charge on any atom is 0.115 e. The molecule has 0 aliphatic carbocycles. The summed E-state index contributed by atoms with van der Waals surface area (Å²) in [5.74, 6) is 0. The van der Waals surface area contributed by atoms with E-state index >= 15 is 0 Å². The minimum atomic E-state index is 0.644. The molecule has 1 fully saturated rings. The molecule has 0 saturated carbocycles. The molecule has 0 radical (unpaired) electrons. The molecule has 0 bridgehead atoms. The highest BCUT2D eigenvalue weighted by atomic mass is 15.2. The average molecular weight is 234 g/mol. The quantitative estimate of drug-likeness (QED) is 0.856. The van der Waals surface area contributed by atoms with E-state index in [2.05, 4.69) is 34.0 Å². The zero-order chi connectivity index (χ0) is 12.1. The van der Waals surface area contributed by atoms with Crippen LogP contribution < -0.4 is 5.32 Å². The van der Waals surface area contributed by atoms with Crippen molar-refractivity contribution < 1.29 is 0 Å². The molecule has 0 aromatic carbocycles. The summed E-state index contributed by atoms with van der Waals surface area (Å²) in [6.45, 7) is 7.85. The number of nitrogens with zero attached hydrogens (tertiary/aromatic N) is 3. The Labute approximate surface area is 103 Å². The largest absolute Gasteiger partial charge is 0.310 e. The number of nitrogens with one attached hydrogen (secondary N) is 1. The first-order valence-electron chi connectivity index (χ1n) is 6.47. The van der Waals surface area contributed by atoms with Crippen molar-refractivity contribution in [3.8, 4) is 0 Å². The highest BCUT2D eigenvalue weighted by molar-refractivity contribution is 5.02. The minimum Gasteiger partial charge on any atom is -0.310 e. The molecule has 2 rings (SSSR count). The lowest BCUT2D eigenvalue weighted by molar-refractivity contribution is 0.161. The summed E-state index contributed by atoms with van der Waals surface area (Å²) in [5, 5.41) is 3.59. The number of rotatable bonds is 4. The van der Waals surface area contributed by atoms with E-state index in [-0.39, 0.29) is 0 Å². The molecule has 1 aliphatic rings. The SMILES string of the molecule is CC(C)N1CCC(NCc2cncnc2)CC1. The lowest BCUT2D eigenvalue weighted by Crippen LogP contribution is -2.44. The normalized spacial score (nSPS) is 18.8. The molecule has 0 unspecified atom stereocenters. The Morgan fingerprint density at radius 3 is 2.53 bits per heavy atom. The predicted molar refractivity (Wildman–Crippen MR) is 68.6 cm³/mol. The molecule has 4 nitrogen and oxygen atoms in total. The molecule has 2 heterocycles. The molecule has 1 aliphatic heterocycles. The molecular formula is C13H22N4. The molecular weight excluding hydrogens is 212 g/mol. The van der Waals surface area contributed by atoms with E-state index in [1.54, 1.807) is 6.33 Å². The number of likely N-dealkylation sites (tertiary alicyclic amines) is 1. The Morgan fingerprint density at radius 1 is 1.29 bits per heavy atom. The Balaban J connectivity index is 1.72. The molecule has 1 aromatic heterocycles. The fourth-order valence-electron chi connectivity index (χ4n) is 2.30. The lowest BCUT2D eigenvalue weighted by Gasteiger charge is -2.35. The van der Waals surface area contributed by atoms with Crippen molar-refractivity contribution in [3.05, 3.63) is 24.3 Å². The van der Waals surface area contributed by atoms with Crippen LogP contribution in [0, 0.1) is 0 Å². The van der Waals surface area contributed by atoms with E-state index in [9.17, 15) is 0 Å². The van der Waals surface area contributed by atoms with Crippen molar-refractivity contribution >= 4 is 0 Å². The van der Waals surface area contributed by atoms with E-state index in [0.717, 1.165) is 6.54 Å². The molecule has 1 saturated heterocycles. The van der Waals surface area contributed by atoms with Gasteiger partial charge in [0.05, 0.1) is 0 Å². The van der Waals surface area contributed by atoms with Crippen LogP contribution in [0.4, 0.5) is 0 Å². The van der Waals surface area contributed by atoms with Gasteiger partial charge in [-0.2, -0.15) is 0 Å². The first-order chi connectivity index (χ1) is 8.25.